The number of rotatable bonds is 9. The molecule has 0 fully saturated rings. The van der Waals surface area contributed by atoms with Crippen LogP contribution in [0.4, 0.5) is 10.1 Å². The van der Waals surface area contributed by atoms with Crippen LogP contribution in [0.5, 0.6) is 0 Å². The van der Waals surface area contributed by atoms with E-state index in [9.17, 15) is 22.4 Å². The van der Waals surface area contributed by atoms with Gasteiger partial charge >= 0.3 is 10.2 Å². The van der Waals surface area contributed by atoms with Crippen molar-refractivity contribution in [1.29, 1.82) is 0 Å². The summed E-state index contributed by atoms with van der Waals surface area (Å²) in [7, 11) is -1.25. The Bertz CT molecular complexity index is 1190. The molecule has 8 nitrogen and oxygen atoms in total. The number of amides is 2. The Morgan fingerprint density at radius 1 is 1.03 bits per heavy atom. The monoisotopic (exact) mass is 520 g/mol. The summed E-state index contributed by atoms with van der Waals surface area (Å²) in [5, 5.41) is 2.87. The van der Waals surface area contributed by atoms with Crippen LogP contribution in [0.1, 0.15) is 44.4 Å². The van der Waals surface area contributed by atoms with Crippen molar-refractivity contribution in [3.8, 4) is 0 Å². The van der Waals surface area contributed by atoms with E-state index in [1.807, 2.05) is 33.8 Å². The molecule has 198 valence electrons. The molecule has 0 aliphatic carbocycles. The quantitative estimate of drug-likeness (QED) is 0.549. The smallest absolute Gasteiger partial charge is 0.304 e. The molecule has 36 heavy (non-hydrogen) atoms. The van der Waals surface area contributed by atoms with Gasteiger partial charge in [-0.1, -0.05) is 24.3 Å². The highest BCUT2D eigenvalue weighted by Crippen LogP contribution is 2.26. The van der Waals surface area contributed by atoms with E-state index in [0.717, 1.165) is 14.2 Å². The van der Waals surface area contributed by atoms with E-state index in [4.69, 9.17) is 0 Å². The number of nitrogens with zero attached hydrogens (tertiary/aromatic N) is 3. The minimum Gasteiger partial charge on any atom is -0.350 e. The van der Waals surface area contributed by atoms with E-state index in [1.165, 1.54) is 43.3 Å². The molecular formula is C26H37FN4O4S. The lowest BCUT2D eigenvalue weighted by atomic mass is 10.1. The normalized spacial score (nSPS) is 12.8. The van der Waals surface area contributed by atoms with Crippen molar-refractivity contribution in [3.63, 3.8) is 0 Å². The van der Waals surface area contributed by atoms with Crippen LogP contribution in [0.2, 0.25) is 0 Å². The summed E-state index contributed by atoms with van der Waals surface area (Å²) in [6, 6.07) is 10.1. The highest BCUT2D eigenvalue weighted by molar-refractivity contribution is 7.90. The first-order valence-electron chi connectivity index (χ1n) is 11.7. The maximum absolute atomic E-state index is 13.7. The van der Waals surface area contributed by atoms with Crippen LogP contribution < -0.4 is 9.62 Å². The Morgan fingerprint density at radius 2 is 1.61 bits per heavy atom. The zero-order valence-corrected chi connectivity index (χ0v) is 23.1. The predicted molar refractivity (Wildman–Crippen MR) is 140 cm³/mol. The minimum absolute atomic E-state index is 0.000490. The zero-order chi connectivity index (χ0) is 27.4. The van der Waals surface area contributed by atoms with E-state index in [1.54, 1.807) is 26.0 Å². The maximum Gasteiger partial charge on any atom is 0.304 e. The van der Waals surface area contributed by atoms with Crippen LogP contribution in [-0.4, -0.2) is 61.7 Å². The second-order valence-corrected chi connectivity index (χ2v) is 12.2. The lowest BCUT2D eigenvalue weighted by molar-refractivity contribution is -0.140. The van der Waals surface area contributed by atoms with Gasteiger partial charge in [-0.3, -0.25) is 9.59 Å². The molecule has 0 spiro atoms. The number of carbonyl (C=O) groups is 2. The summed E-state index contributed by atoms with van der Waals surface area (Å²) in [4.78, 5) is 28.0. The third-order valence-corrected chi connectivity index (χ3v) is 7.39. The van der Waals surface area contributed by atoms with Gasteiger partial charge in [0, 0.05) is 26.2 Å². The van der Waals surface area contributed by atoms with Crippen LogP contribution in [0.15, 0.2) is 42.5 Å². The van der Waals surface area contributed by atoms with Gasteiger partial charge in [-0.05, 0) is 76.4 Å². The van der Waals surface area contributed by atoms with E-state index >= 15 is 0 Å². The fourth-order valence-corrected chi connectivity index (χ4v) is 4.65. The number of carbonyl (C=O) groups excluding carboxylic acids is 2. The summed E-state index contributed by atoms with van der Waals surface area (Å²) in [6.45, 7) is 10.2. The van der Waals surface area contributed by atoms with Crippen molar-refractivity contribution >= 4 is 27.7 Å². The van der Waals surface area contributed by atoms with Crippen LogP contribution in [0.25, 0.3) is 0 Å². The molecule has 10 heteroatoms. The second kappa shape index (κ2) is 11.4. The van der Waals surface area contributed by atoms with Gasteiger partial charge in [0.05, 0.1) is 5.69 Å². The lowest BCUT2D eigenvalue weighted by Gasteiger charge is -2.34. The molecular weight excluding hydrogens is 483 g/mol. The van der Waals surface area contributed by atoms with Gasteiger partial charge in [0.25, 0.3) is 0 Å². The van der Waals surface area contributed by atoms with E-state index in [0.29, 0.717) is 16.8 Å². The number of benzene rings is 2. The van der Waals surface area contributed by atoms with Crippen molar-refractivity contribution < 1.29 is 22.4 Å². The van der Waals surface area contributed by atoms with Crippen LogP contribution in [0.3, 0.4) is 0 Å². The fourth-order valence-electron chi connectivity index (χ4n) is 3.53. The zero-order valence-electron chi connectivity index (χ0n) is 22.3. The Balaban J connectivity index is 2.51. The van der Waals surface area contributed by atoms with Crippen LogP contribution in [0, 0.1) is 19.7 Å². The summed E-state index contributed by atoms with van der Waals surface area (Å²) < 4.78 is 42.2. The maximum atomic E-state index is 13.7. The van der Waals surface area contributed by atoms with Gasteiger partial charge in [0.2, 0.25) is 11.8 Å². The molecule has 0 heterocycles. The first-order chi connectivity index (χ1) is 16.5. The summed E-state index contributed by atoms with van der Waals surface area (Å²) in [5.41, 5.74) is 1.97. The number of anilines is 1. The van der Waals surface area contributed by atoms with E-state index in [-0.39, 0.29) is 12.5 Å². The van der Waals surface area contributed by atoms with Gasteiger partial charge in [0.1, 0.15) is 18.4 Å². The number of hydrogen-bond acceptors (Lipinski definition) is 4. The van der Waals surface area contributed by atoms with Crippen LogP contribution in [-0.2, 0) is 26.3 Å². The number of hydrogen-bond donors (Lipinski definition) is 1. The highest BCUT2D eigenvalue weighted by atomic mass is 32.2. The van der Waals surface area contributed by atoms with Gasteiger partial charge < -0.3 is 10.2 Å². The predicted octanol–water partition coefficient (Wildman–Crippen LogP) is 3.39. The molecule has 2 rings (SSSR count). The standard InChI is InChI=1S/C26H37FN4O4S/c1-18-9-10-19(2)23(15-18)31(36(34,35)29(7)8)17-24(32)30(16-21-11-13-22(27)14-12-21)20(3)25(33)28-26(4,5)6/h9-15,20H,16-17H2,1-8H3,(H,28,33). The van der Waals surface area contributed by atoms with Crippen LogP contribution >= 0.6 is 0 Å². The molecule has 0 saturated carbocycles. The molecule has 0 radical (unpaired) electrons. The van der Waals surface area contributed by atoms with Crippen molar-refractivity contribution in [1.82, 2.24) is 14.5 Å². The minimum atomic E-state index is -4.04. The van der Waals surface area contributed by atoms with E-state index < -0.39 is 40.1 Å². The lowest BCUT2D eigenvalue weighted by Crippen LogP contribution is -2.55. The third kappa shape index (κ3) is 7.51. The molecule has 2 aromatic carbocycles. The highest BCUT2D eigenvalue weighted by Gasteiger charge is 2.34. The van der Waals surface area contributed by atoms with Gasteiger partial charge in [-0.2, -0.15) is 12.7 Å². The molecule has 1 atom stereocenters. The third-order valence-electron chi connectivity index (χ3n) is 5.58. The first-order valence-corrected chi connectivity index (χ1v) is 13.1. The molecule has 2 aromatic rings. The number of aryl methyl sites for hydroxylation is 2. The van der Waals surface area contributed by atoms with E-state index in [2.05, 4.69) is 5.32 Å². The first kappa shape index (κ1) is 29.3. The average molecular weight is 521 g/mol. The Kier molecular flexibility index (Phi) is 9.25. The number of nitrogens with one attached hydrogen (secondary N) is 1. The fraction of sp³-hybridized carbons (Fsp3) is 0.462. The second-order valence-electron chi connectivity index (χ2n) is 10.2. The van der Waals surface area contributed by atoms with Crippen molar-refractivity contribution in [2.75, 3.05) is 24.9 Å². The number of halogens is 1. The molecule has 0 aliphatic heterocycles. The Labute approximate surface area is 214 Å². The van der Waals surface area contributed by atoms with Gasteiger partial charge in [-0.15, -0.1) is 0 Å². The SMILES string of the molecule is Cc1ccc(C)c(N(CC(=O)N(Cc2ccc(F)cc2)C(C)C(=O)NC(C)(C)C)S(=O)(=O)N(C)C)c1. The molecule has 1 N–H and O–H groups in total. The van der Waals surface area contributed by atoms with Crippen molar-refractivity contribution in [2.45, 2.75) is 59.7 Å². The average Bonchev–Trinajstić information content (AvgIpc) is 2.76. The molecule has 1 unspecified atom stereocenters. The molecule has 0 aromatic heterocycles. The summed E-state index contributed by atoms with van der Waals surface area (Å²) >= 11 is 0. The topological polar surface area (TPSA) is 90.0 Å². The van der Waals surface area contributed by atoms with Crippen molar-refractivity contribution in [2.24, 2.45) is 0 Å². The molecule has 0 bridgehead atoms. The van der Waals surface area contributed by atoms with Crippen molar-refractivity contribution in [3.05, 3.63) is 65.0 Å². The Hall–Kier alpha value is -2.98. The van der Waals surface area contributed by atoms with Gasteiger partial charge in [-0.25, -0.2) is 8.70 Å². The van der Waals surface area contributed by atoms with Gasteiger partial charge in [0.15, 0.2) is 0 Å². The molecule has 2 amide bonds. The summed E-state index contributed by atoms with van der Waals surface area (Å²) in [6.07, 6.45) is 0. The largest absolute Gasteiger partial charge is 0.350 e. The summed E-state index contributed by atoms with van der Waals surface area (Å²) in [5.74, 6) is -1.37. The molecule has 0 saturated heterocycles. The Morgan fingerprint density at radius 3 is 2.14 bits per heavy atom. The molecule has 0 aliphatic rings.